The molecule has 206 valence electrons. The van der Waals surface area contributed by atoms with E-state index in [0.29, 0.717) is 18.6 Å². The van der Waals surface area contributed by atoms with Gasteiger partial charge in [0.25, 0.3) is 0 Å². The molecule has 0 radical (unpaired) electrons. The van der Waals surface area contributed by atoms with Crippen molar-refractivity contribution in [2.45, 2.75) is 76.8 Å². The van der Waals surface area contributed by atoms with Gasteiger partial charge in [0.05, 0.1) is 17.7 Å². The molecule has 1 aliphatic carbocycles. The van der Waals surface area contributed by atoms with Crippen molar-refractivity contribution in [3.05, 3.63) is 112 Å². The van der Waals surface area contributed by atoms with Gasteiger partial charge in [-0.1, -0.05) is 82.3 Å². The number of carbonyl (C=O) groups is 1. The summed E-state index contributed by atoms with van der Waals surface area (Å²) in [5.41, 5.74) is 5.63. The van der Waals surface area contributed by atoms with E-state index in [4.69, 9.17) is 4.74 Å². The van der Waals surface area contributed by atoms with Crippen LogP contribution in [0.5, 0.6) is 0 Å². The summed E-state index contributed by atoms with van der Waals surface area (Å²) in [6.45, 7) is 11.3. The highest BCUT2D eigenvalue weighted by Gasteiger charge is 2.37. The molecule has 0 saturated carbocycles. The summed E-state index contributed by atoms with van der Waals surface area (Å²) in [7, 11) is 0. The van der Waals surface area contributed by atoms with Gasteiger partial charge in [0, 0.05) is 5.92 Å². The van der Waals surface area contributed by atoms with E-state index in [1.807, 2.05) is 18.2 Å². The SMILES string of the molecule is CCOC(=O)c1ccc(/C=C/C(Cc2ccc(C(F)(F)F)cc2)c2ccc3c(c2)C(C)(C)CCC3(C)C)cc1. The maximum atomic E-state index is 13.1. The molecule has 0 aliphatic heterocycles. The Morgan fingerprint density at radius 1 is 0.897 bits per heavy atom. The highest BCUT2D eigenvalue weighted by Crippen LogP contribution is 2.46. The summed E-state index contributed by atoms with van der Waals surface area (Å²) in [4.78, 5) is 12.0. The summed E-state index contributed by atoms with van der Waals surface area (Å²) < 4.78 is 44.5. The first-order valence-electron chi connectivity index (χ1n) is 13.6. The molecule has 0 bridgehead atoms. The van der Waals surface area contributed by atoms with Crippen molar-refractivity contribution in [1.29, 1.82) is 0 Å². The molecule has 0 aromatic heterocycles. The van der Waals surface area contributed by atoms with E-state index in [2.05, 4.69) is 52.0 Å². The second kappa shape index (κ2) is 11.0. The molecular weight excluding hydrogens is 497 g/mol. The number of benzene rings is 3. The van der Waals surface area contributed by atoms with E-state index in [-0.39, 0.29) is 22.7 Å². The standard InChI is InChI=1S/C34H37F3O2/c1-6-39-31(38)25-12-7-23(8-13-25)9-14-26(21-24-10-16-28(17-11-24)34(35,36)37)27-15-18-29-30(22-27)33(4,5)20-19-32(29,2)3/h7-18,22,26H,6,19-21H2,1-5H3/b14-9+. The average molecular weight is 535 g/mol. The lowest BCUT2D eigenvalue weighted by Crippen LogP contribution is -2.34. The van der Waals surface area contributed by atoms with Gasteiger partial charge in [-0.2, -0.15) is 13.2 Å². The van der Waals surface area contributed by atoms with Crippen LogP contribution in [0.1, 0.15) is 97.1 Å². The van der Waals surface area contributed by atoms with Gasteiger partial charge in [0.15, 0.2) is 0 Å². The van der Waals surface area contributed by atoms with Crippen LogP contribution in [0.15, 0.2) is 72.8 Å². The second-order valence-corrected chi connectivity index (χ2v) is 11.8. The fraction of sp³-hybridized carbons (Fsp3) is 0.382. The van der Waals surface area contributed by atoms with Gasteiger partial charge in [0.1, 0.15) is 0 Å². The zero-order valence-corrected chi connectivity index (χ0v) is 23.4. The molecular formula is C34H37F3O2. The Morgan fingerprint density at radius 2 is 1.51 bits per heavy atom. The molecule has 0 heterocycles. The summed E-state index contributed by atoms with van der Waals surface area (Å²) >= 11 is 0. The third-order valence-electron chi connectivity index (χ3n) is 7.98. The monoisotopic (exact) mass is 534 g/mol. The predicted octanol–water partition coefficient (Wildman–Crippen LogP) is 9.27. The number of rotatable bonds is 7. The van der Waals surface area contributed by atoms with Gasteiger partial charge in [-0.15, -0.1) is 0 Å². The van der Waals surface area contributed by atoms with Crippen LogP contribution in [0, 0.1) is 0 Å². The Labute approximate surface area is 229 Å². The minimum Gasteiger partial charge on any atom is -0.462 e. The molecule has 1 atom stereocenters. The number of allylic oxidation sites excluding steroid dienone is 1. The van der Waals surface area contributed by atoms with E-state index in [9.17, 15) is 18.0 Å². The van der Waals surface area contributed by atoms with Crippen molar-refractivity contribution in [1.82, 2.24) is 0 Å². The first-order chi connectivity index (χ1) is 18.3. The lowest BCUT2D eigenvalue weighted by molar-refractivity contribution is -0.137. The van der Waals surface area contributed by atoms with Crippen LogP contribution in [-0.2, 0) is 28.2 Å². The summed E-state index contributed by atoms with van der Waals surface area (Å²) in [6.07, 6.45) is 2.56. The van der Waals surface area contributed by atoms with Gasteiger partial charge in [-0.3, -0.25) is 0 Å². The smallest absolute Gasteiger partial charge is 0.416 e. The number of hydrogen-bond donors (Lipinski definition) is 0. The first kappa shape index (κ1) is 28.7. The molecule has 3 aromatic carbocycles. The zero-order chi connectivity index (χ0) is 28.4. The molecule has 5 heteroatoms. The fourth-order valence-electron chi connectivity index (χ4n) is 5.39. The highest BCUT2D eigenvalue weighted by atomic mass is 19.4. The number of hydrogen-bond acceptors (Lipinski definition) is 2. The molecule has 0 spiro atoms. The number of alkyl halides is 3. The van der Waals surface area contributed by atoms with Gasteiger partial charge in [0.2, 0.25) is 0 Å². The summed E-state index contributed by atoms with van der Waals surface area (Å²) in [5.74, 6) is -0.398. The van der Waals surface area contributed by atoms with Crippen molar-refractivity contribution in [3.63, 3.8) is 0 Å². The van der Waals surface area contributed by atoms with Crippen LogP contribution in [0.4, 0.5) is 13.2 Å². The molecule has 4 rings (SSSR count). The number of carbonyl (C=O) groups excluding carboxylic acids is 1. The Balaban J connectivity index is 1.69. The normalized spacial score (nSPS) is 17.0. The van der Waals surface area contributed by atoms with Crippen molar-refractivity contribution in [2.24, 2.45) is 0 Å². The van der Waals surface area contributed by atoms with E-state index < -0.39 is 11.7 Å². The van der Waals surface area contributed by atoms with Gasteiger partial charge >= 0.3 is 12.1 Å². The van der Waals surface area contributed by atoms with Crippen molar-refractivity contribution < 1.29 is 22.7 Å². The number of ether oxygens (including phenoxy) is 1. The Bertz CT molecular complexity index is 1330. The molecule has 1 aliphatic rings. The van der Waals surface area contributed by atoms with Crippen LogP contribution in [0.25, 0.3) is 6.08 Å². The minimum absolute atomic E-state index is 0.0439. The van der Waals surface area contributed by atoms with Crippen LogP contribution in [0.3, 0.4) is 0 Å². The lowest BCUT2D eigenvalue weighted by atomic mass is 9.62. The number of halogens is 3. The van der Waals surface area contributed by atoms with Crippen LogP contribution in [-0.4, -0.2) is 12.6 Å². The molecule has 1 unspecified atom stereocenters. The number of esters is 1. The van der Waals surface area contributed by atoms with Crippen LogP contribution < -0.4 is 0 Å². The quantitative estimate of drug-likeness (QED) is 0.282. The maximum absolute atomic E-state index is 13.1. The summed E-state index contributed by atoms with van der Waals surface area (Å²) in [6, 6.07) is 19.4. The topological polar surface area (TPSA) is 26.3 Å². The van der Waals surface area contributed by atoms with Gasteiger partial charge in [-0.05, 0) is 89.1 Å². The third-order valence-corrected chi connectivity index (χ3v) is 7.98. The first-order valence-corrected chi connectivity index (χ1v) is 13.6. The Morgan fingerprint density at radius 3 is 2.10 bits per heavy atom. The maximum Gasteiger partial charge on any atom is 0.416 e. The van der Waals surface area contributed by atoms with Crippen LogP contribution >= 0.6 is 0 Å². The third kappa shape index (κ3) is 6.63. The largest absolute Gasteiger partial charge is 0.462 e. The predicted molar refractivity (Wildman–Crippen MR) is 151 cm³/mol. The van der Waals surface area contributed by atoms with E-state index in [1.54, 1.807) is 31.2 Å². The molecule has 0 N–H and O–H groups in total. The van der Waals surface area contributed by atoms with Crippen LogP contribution in [0.2, 0.25) is 0 Å². The molecule has 0 amide bonds. The van der Waals surface area contributed by atoms with E-state index in [1.165, 1.54) is 11.1 Å². The Hall–Kier alpha value is -3.34. The van der Waals surface area contributed by atoms with Gasteiger partial charge < -0.3 is 4.74 Å². The Kier molecular flexibility index (Phi) is 8.11. The number of fused-ring (bicyclic) bond motifs is 1. The zero-order valence-electron chi connectivity index (χ0n) is 23.4. The summed E-state index contributed by atoms with van der Waals surface area (Å²) in [5, 5.41) is 0. The molecule has 2 nitrogen and oxygen atoms in total. The molecule has 0 fully saturated rings. The lowest BCUT2D eigenvalue weighted by Gasteiger charge is -2.42. The van der Waals surface area contributed by atoms with Crippen molar-refractivity contribution >= 4 is 12.0 Å². The molecule has 0 saturated heterocycles. The highest BCUT2D eigenvalue weighted by molar-refractivity contribution is 5.89. The molecule has 39 heavy (non-hydrogen) atoms. The second-order valence-electron chi connectivity index (χ2n) is 11.8. The van der Waals surface area contributed by atoms with E-state index in [0.717, 1.165) is 41.7 Å². The van der Waals surface area contributed by atoms with E-state index >= 15 is 0 Å². The van der Waals surface area contributed by atoms with Crippen molar-refractivity contribution in [3.8, 4) is 0 Å². The minimum atomic E-state index is -4.36. The average Bonchev–Trinajstić information content (AvgIpc) is 2.89. The van der Waals surface area contributed by atoms with Gasteiger partial charge in [-0.25, -0.2) is 4.79 Å². The molecule has 3 aromatic rings. The van der Waals surface area contributed by atoms with Crippen molar-refractivity contribution in [2.75, 3.05) is 6.61 Å². The fourth-order valence-corrected chi connectivity index (χ4v) is 5.39.